The molecule has 27 heavy (non-hydrogen) atoms. The van der Waals surface area contributed by atoms with Gasteiger partial charge in [-0.1, -0.05) is 23.7 Å². The van der Waals surface area contributed by atoms with Crippen LogP contribution in [0.3, 0.4) is 0 Å². The average Bonchev–Trinajstić information content (AvgIpc) is 2.69. The standard InChI is InChI=1S/C20H19ClN4OS/c21-17-3-1-2-16(12-17)14-27-25-19-6-4-18(5-7-19)24-20(26)23-13-15-8-10-22-11-9-15/h1-12,25H,13-14H2,(H2,23,24,26). The number of urea groups is 1. The SMILES string of the molecule is O=C(NCc1ccncc1)Nc1ccc(NSCc2cccc(Cl)c2)cc1. The number of aromatic nitrogens is 1. The van der Waals surface area contributed by atoms with Gasteiger partial charge < -0.3 is 15.4 Å². The van der Waals surface area contributed by atoms with Gasteiger partial charge in [-0.05, 0) is 71.6 Å². The van der Waals surface area contributed by atoms with Gasteiger partial charge in [0.2, 0.25) is 0 Å². The van der Waals surface area contributed by atoms with Gasteiger partial charge in [0.15, 0.2) is 0 Å². The number of pyridine rings is 1. The molecule has 0 spiro atoms. The molecule has 0 aliphatic carbocycles. The van der Waals surface area contributed by atoms with E-state index in [1.807, 2.05) is 60.7 Å². The van der Waals surface area contributed by atoms with Crippen LogP contribution in [-0.2, 0) is 12.3 Å². The highest BCUT2D eigenvalue weighted by Crippen LogP contribution is 2.20. The highest BCUT2D eigenvalue weighted by atomic mass is 35.5. The molecule has 0 radical (unpaired) electrons. The Labute approximate surface area is 167 Å². The van der Waals surface area contributed by atoms with E-state index in [4.69, 9.17) is 11.6 Å². The van der Waals surface area contributed by atoms with Gasteiger partial charge in [0.05, 0.1) is 0 Å². The quantitative estimate of drug-likeness (QED) is 0.471. The topological polar surface area (TPSA) is 66.0 Å². The fraction of sp³-hybridized carbons (Fsp3) is 0.100. The summed E-state index contributed by atoms with van der Waals surface area (Å²) in [4.78, 5) is 15.9. The van der Waals surface area contributed by atoms with Crippen molar-refractivity contribution in [2.45, 2.75) is 12.3 Å². The number of nitrogens with one attached hydrogen (secondary N) is 3. The molecule has 0 atom stereocenters. The molecule has 1 heterocycles. The summed E-state index contributed by atoms with van der Waals surface area (Å²) < 4.78 is 3.28. The number of carbonyl (C=O) groups excluding carboxylic acids is 1. The van der Waals surface area contributed by atoms with E-state index < -0.39 is 0 Å². The summed E-state index contributed by atoms with van der Waals surface area (Å²) in [7, 11) is 0. The molecule has 7 heteroatoms. The number of carbonyl (C=O) groups is 1. The second-order valence-electron chi connectivity index (χ2n) is 5.76. The molecule has 2 amide bonds. The molecule has 0 aliphatic rings. The molecule has 0 saturated heterocycles. The summed E-state index contributed by atoms with van der Waals surface area (Å²) in [5.74, 6) is 0.804. The van der Waals surface area contributed by atoms with Gasteiger partial charge in [-0.3, -0.25) is 4.98 Å². The molecule has 0 bridgehead atoms. The summed E-state index contributed by atoms with van der Waals surface area (Å²) in [5.41, 5.74) is 3.85. The lowest BCUT2D eigenvalue weighted by molar-refractivity contribution is 0.251. The Morgan fingerprint density at radius 1 is 0.963 bits per heavy atom. The smallest absolute Gasteiger partial charge is 0.319 e. The Balaban J connectivity index is 1.42. The third kappa shape index (κ3) is 6.51. The Morgan fingerprint density at radius 2 is 1.70 bits per heavy atom. The molecule has 3 aromatic rings. The summed E-state index contributed by atoms with van der Waals surface area (Å²) in [6, 6.07) is 18.8. The minimum atomic E-state index is -0.247. The van der Waals surface area contributed by atoms with Crippen LogP contribution in [0.5, 0.6) is 0 Å². The van der Waals surface area contributed by atoms with E-state index in [1.54, 1.807) is 24.3 Å². The van der Waals surface area contributed by atoms with Crippen molar-refractivity contribution in [2.24, 2.45) is 0 Å². The van der Waals surface area contributed by atoms with Crippen molar-refractivity contribution in [1.82, 2.24) is 10.3 Å². The van der Waals surface area contributed by atoms with E-state index in [1.165, 1.54) is 0 Å². The minimum absolute atomic E-state index is 0.247. The first kappa shape index (κ1) is 19.1. The van der Waals surface area contributed by atoms with E-state index in [9.17, 15) is 4.79 Å². The molecule has 5 nitrogen and oxygen atoms in total. The van der Waals surface area contributed by atoms with E-state index in [0.29, 0.717) is 6.54 Å². The maximum absolute atomic E-state index is 12.0. The molecule has 1 aromatic heterocycles. The fourth-order valence-electron chi connectivity index (χ4n) is 2.31. The second kappa shape index (κ2) is 9.85. The minimum Gasteiger partial charge on any atom is -0.334 e. The van der Waals surface area contributed by atoms with E-state index >= 15 is 0 Å². The average molecular weight is 399 g/mol. The zero-order valence-corrected chi connectivity index (χ0v) is 16.1. The molecular weight excluding hydrogens is 380 g/mol. The van der Waals surface area contributed by atoms with Crippen LogP contribution in [0.25, 0.3) is 0 Å². The van der Waals surface area contributed by atoms with E-state index in [0.717, 1.165) is 33.3 Å². The number of nitrogens with zero attached hydrogens (tertiary/aromatic N) is 1. The molecule has 0 unspecified atom stereocenters. The van der Waals surface area contributed by atoms with Crippen LogP contribution in [-0.4, -0.2) is 11.0 Å². The van der Waals surface area contributed by atoms with Gasteiger partial charge in [-0.25, -0.2) is 4.79 Å². The lowest BCUT2D eigenvalue weighted by atomic mass is 10.2. The van der Waals surface area contributed by atoms with Crippen molar-refractivity contribution in [2.75, 3.05) is 10.0 Å². The first-order chi connectivity index (χ1) is 13.2. The number of anilines is 2. The third-order valence-electron chi connectivity index (χ3n) is 3.66. The molecule has 138 valence electrons. The Bertz CT molecular complexity index is 875. The van der Waals surface area contributed by atoms with Crippen LogP contribution >= 0.6 is 23.5 Å². The fourth-order valence-corrected chi connectivity index (χ4v) is 3.24. The highest BCUT2D eigenvalue weighted by molar-refractivity contribution is 7.99. The zero-order valence-electron chi connectivity index (χ0n) is 14.5. The van der Waals surface area contributed by atoms with E-state index in [2.05, 4.69) is 20.3 Å². The number of halogens is 1. The van der Waals surface area contributed by atoms with Crippen LogP contribution in [0.1, 0.15) is 11.1 Å². The molecule has 0 aliphatic heterocycles. The first-order valence-corrected chi connectivity index (χ1v) is 9.71. The van der Waals surface area contributed by atoms with Crippen LogP contribution in [0.15, 0.2) is 73.1 Å². The summed E-state index contributed by atoms with van der Waals surface area (Å²) in [6.45, 7) is 0.453. The molecule has 0 saturated carbocycles. The van der Waals surface area contributed by atoms with Crippen LogP contribution in [0.4, 0.5) is 16.2 Å². The Hall–Kier alpha value is -2.70. The predicted octanol–water partition coefficient (Wildman–Crippen LogP) is 5.32. The van der Waals surface area contributed by atoms with Crippen molar-refractivity contribution >= 4 is 41.0 Å². The molecular formula is C20H19ClN4OS. The third-order valence-corrected chi connectivity index (χ3v) is 4.76. The summed E-state index contributed by atoms with van der Waals surface area (Å²) in [6.07, 6.45) is 3.40. The Kier molecular flexibility index (Phi) is 6.96. The number of rotatable bonds is 7. The van der Waals surface area contributed by atoms with Gasteiger partial charge in [0, 0.05) is 41.1 Å². The lowest BCUT2D eigenvalue weighted by Crippen LogP contribution is -2.28. The van der Waals surface area contributed by atoms with Crippen molar-refractivity contribution < 1.29 is 4.79 Å². The van der Waals surface area contributed by atoms with Crippen molar-refractivity contribution in [3.05, 3.63) is 89.2 Å². The maximum atomic E-state index is 12.0. The van der Waals surface area contributed by atoms with Crippen LogP contribution < -0.4 is 15.4 Å². The van der Waals surface area contributed by atoms with Crippen LogP contribution in [0, 0.1) is 0 Å². The van der Waals surface area contributed by atoms with Crippen molar-refractivity contribution in [3.63, 3.8) is 0 Å². The maximum Gasteiger partial charge on any atom is 0.319 e. The number of amides is 2. The van der Waals surface area contributed by atoms with Gasteiger partial charge in [-0.15, -0.1) is 0 Å². The molecule has 3 rings (SSSR count). The highest BCUT2D eigenvalue weighted by Gasteiger charge is 2.02. The van der Waals surface area contributed by atoms with Crippen molar-refractivity contribution in [3.8, 4) is 0 Å². The number of benzene rings is 2. The van der Waals surface area contributed by atoms with Gasteiger partial charge in [0.25, 0.3) is 0 Å². The number of hydrogen-bond acceptors (Lipinski definition) is 4. The summed E-state index contributed by atoms with van der Waals surface area (Å²) >= 11 is 7.57. The molecule has 0 fully saturated rings. The van der Waals surface area contributed by atoms with E-state index in [-0.39, 0.29) is 6.03 Å². The molecule has 2 aromatic carbocycles. The number of hydrogen-bond donors (Lipinski definition) is 3. The van der Waals surface area contributed by atoms with Gasteiger partial charge in [-0.2, -0.15) is 0 Å². The van der Waals surface area contributed by atoms with Gasteiger partial charge >= 0.3 is 6.03 Å². The Morgan fingerprint density at radius 3 is 2.44 bits per heavy atom. The molecule has 3 N–H and O–H groups in total. The van der Waals surface area contributed by atoms with Crippen molar-refractivity contribution in [1.29, 1.82) is 0 Å². The predicted molar refractivity (Wildman–Crippen MR) is 113 cm³/mol. The summed E-state index contributed by atoms with van der Waals surface area (Å²) in [5, 5.41) is 6.36. The second-order valence-corrected chi connectivity index (χ2v) is 6.98. The van der Waals surface area contributed by atoms with Crippen LogP contribution in [0.2, 0.25) is 5.02 Å². The first-order valence-electron chi connectivity index (χ1n) is 8.35. The zero-order chi connectivity index (χ0) is 18.9. The normalized spacial score (nSPS) is 10.3. The van der Waals surface area contributed by atoms with Gasteiger partial charge in [0.1, 0.15) is 0 Å². The largest absolute Gasteiger partial charge is 0.334 e. The monoisotopic (exact) mass is 398 g/mol. The lowest BCUT2D eigenvalue weighted by Gasteiger charge is -2.09.